The van der Waals surface area contributed by atoms with Crippen molar-refractivity contribution in [2.75, 3.05) is 19.7 Å². The Bertz CT molecular complexity index is 1420. The maximum Gasteiger partial charge on any atom is 0.408 e. The van der Waals surface area contributed by atoms with Crippen LogP contribution in [0.15, 0.2) is 103 Å². The van der Waals surface area contributed by atoms with Gasteiger partial charge in [-0.15, -0.1) is 0 Å². The first-order valence-electron chi connectivity index (χ1n) is 15.0. The second kappa shape index (κ2) is 17.4. The summed E-state index contributed by atoms with van der Waals surface area (Å²) in [6.45, 7) is 0.248. The van der Waals surface area contributed by atoms with Crippen LogP contribution in [0.2, 0.25) is 0 Å². The van der Waals surface area contributed by atoms with Crippen LogP contribution in [0.1, 0.15) is 42.1 Å². The van der Waals surface area contributed by atoms with E-state index in [2.05, 4.69) is 10.6 Å². The fourth-order valence-corrected chi connectivity index (χ4v) is 4.91. The van der Waals surface area contributed by atoms with E-state index in [1.165, 1.54) is 4.90 Å². The van der Waals surface area contributed by atoms with Crippen LogP contribution in [0.5, 0.6) is 0 Å². The summed E-state index contributed by atoms with van der Waals surface area (Å²) in [7, 11) is 0. The third-order valence-corrected chi connectivity index (χ3v) is 7.37. The van der Waals surface area contributed by atoms with Crippen molar-refractivity contribution >= 4 is 23.9 Å². The van der Waals surface area contributed by atoms with Gasteiger partial charge < -0.3 is 30.1 Å². The number of ether oxygens (including phenoxy) is 2. The number of carbonyl (C=O) groups is 4. The lowest BCUT2D eigenvalue weighted by atomic mass is 9.97. The first-order valence-corrected chi connectivity index (χ1v) is 15.0. The molecule has 1 heterocycles. The summed E-state index contributed by atoms with van der Waals surface area (Å²) in [6, 6.07) is 26.6. The number of nitrogens with zero attached hydrogens (tertiary/aromatic N) is 1. The molecule has 1 aliphatic rings. The van der Waals surface area contributed by atoms with Crippen molar-refractivity contribution in [2.24, 2.45) is 5.92 Å². The number of aliphatic hydroxyl groups excluding tert-OH is 1. The normalized spacial score (nSPS) is 18.8. The van der Waals surface area contributed by atoms with E-state index in [9.17, 15) is 24.3 Å². The minimum Gasteiger partial charge on any atom is -0.454 e. The molecule has 0 aromatic heterocycles. The van der Waals surface area contributed by atoms with Gasteiger partial charge in [-0.25, -0.2) is 9.59 Å². The number of aliphatic hydroxyl groups is 1. The van der Waals surface area contributed by atoms with Gasteiger partial charge in [0.15, 0.2) is 0 Å². The fraction of sp³-hybridized carbons (Fsp3) is 0.314. The average molecular weight is 614 g/mol. The number of rotatable bonds is 10. The molecule has 10 nitrogen and oxygen atoms in total. The third-order valence-electron chi connectivity index (χ3n) is 7.37. The Kier molecular flexibility index (Phi) is 12.7. The summed E-state index contributed by atoms with van der Waals surface area (Å²) < 4.78 is 11.2. The lowest BCUT2D eigenvalue weighted by molar-refractivity contribution is -0.152. The zero-order valence-electron chi connectivity index (χ0n) is 25.0. The van der Waals surface area contributed by atoms with Gasteiger partial charge >= 0.3 is 12.1 Å². The predicted octanol–water partition coefficient (Wildman–Crippen LogP) is 4.06. The van der Waals surface area contributed by atoms with Crippen molar-refractivity contribution in [3.8, 4) is 0 Å². The molecule has 3 aromatic carbocycles. The Labute approximate surface area is 263 Å². The van der Waals surface area contributed by atoms with Gasteiger partial charge in [0, 0.05) is 19.5 Å². The first-order chi connectivity index (χ1) is 21.9. The SMILES string of the molecule is O=C(N[C@@H]1CC=CC[C@H](CC(=O)N(CCO)Cc2ccccc2)C(=O)NC[C@H](c2ccccc2)OC1=O)OCc1ccccc1. The van der Waals surface area contributed by atoms with Gasteiger partial charge in [-0.05, 0) is 29.5 Å². The highest BCUT2D eigenvalue weighted by Gasteiger charge is 2.29. The van der Waals surface area contributed by atoms with E-state index < -0.39 is 30.1 Å². The maximum atomic E-state index is 13.4. The molecule has 0 aliphatic carbocycles. The van der Waals surface area contributed by atoms with Gasteiger partial charge in [0.05, 0.1) is 19.1 Å². The molecule has 45 heavy (non-hydrogen) atoms. The lowest BCUT2D eigenvalue weighted by Gasteiger charge is -2.26. The third kappa shape index (κ3) is 10.6. The van der Waals surface area contributed by atoms with Crippen LogP contribution in [0.4, 0.5) is 4.79 Å². The standard InChI is InChI=1S/C35H39N3O7/c39-21-20-38(24-26-12-4-1-5-13-26)32(40)22-29-18-10-11-19-30(37-35(43)44-25-27-14-6-2-7-15-27)34(42)45-31(23-36-33(29)41)28-16-8-3-9-17-28/h1-17,29-31,39H,18-25H2,(H,36,41)(H,37,43)/t29-,30-,31-/m1/s1. The van der Waals surface area contributed by atoms with Crippen molar-refractivity contribution in [1.29, 1.82) is 0 Å². The van der Waals surface area contributed by atoms with E-state index in [1.807, 2.05) is 66.7 Å². The van der Waals surface area contributed by atoms with E-state index in [0.29, 0.717) is 12.1 Å². The molecular formula is C35H39N3O7. The van der Waals surface area contributed by atoms with Crippen LogP contribution in [0.3, 0.4) is 0 Å². The Hall–Kier alpha value is -4.96. The van der Waals surface area contributed by atoms with Crippen LogP contribution in [-0.4, -0.2) is 59.6 Å². The fourth-order valence-electron chi connectivity index (χ4n) is 4.91. The number of nitrogens with one attached hydrogen (secondary N) is 2. The molecule has 3 amide bonds. The number of benzene rings is 3. The lowest BCUT2D eigenvalue weighted by Crippen LogP contribution is -2.44. The average Bonchev–Trinajstić information content (AvgIpc) is 3.06. The summed E-state index contributed by atoms with van der Waals surface area (Å²) in [5.74, 6) is -2.00. The van der Waals surface area contributed by atoms with E-state index in [0.717, 1.165) is 11.1 Å². The number of allylic oxidation sites excluding steroid dienone is 1. The molecule has 3 N–H and O–H groups in total. The Morgan fingerprint density at radius 1 is 0.889 bits per heavy atom. The Morgan fingerprint density at radius 2 is 1.51 bits per heavy atom. The number of hydrogen-bond donors (Lipinski definition) is 3. The Morgan fingerprint density at radius 3 is 2.18 bits per heavy atom. The minimum atomic E-state index is -1.04. The van der Waals surface area contributed by atoms with Crippen LogP contribution in [0.25, 0.3) is 0 Å². The molecule has 0 unspecified atom stereocenters. The summed E-state index contributed by atoms with van der Waals surface area (Å²) in [5, 5.41) is 15.1. The molecule has 0 saturated carbocycles. The van der Waals surface area contributed by atoms with Gasteiger partial charge in [-0.3, -0.25) is 9.59 Å². The molecule has 0 spiro atoms. The quantitative estimate of drug-likeness (QED) is 0.232. The molecule has 4 rings (SSSR count). The van der Waals surface area contributed by atoms with Crippen molar-refractivity contribution in [2.45, 2.75) is 44.6 Å². The maximum absolute atomic E-state index is 13.4. The number of carbonyl (C=O) groups excluding carboxylic acids is 4. The predicted molar refractivity (Wildman–Crippen MR) is 167 cm³/mol. The van der Waals surface area contributed by atoms with Crippen molar-refractivity contribution < 1.29 is 33.8 Å². The molecule has 3 atom stereocenters. The number of amides is 3. The van der Waals surface area contributed by atoms with Gasteiger partial charge in [0.2, 0.25) is 11.8 Å². The highest BCUT2D eigenvalue weighted by molar-refractivity contribution is 5.86. The molecule has 0 radical (unpaired) electrons. The molecular weight excluding hydrogens is 574 g/mol. The van der Waals surface area contributed by atoms with Crippen LogP contribution >= 0.6 is 0 Å². The van der Waals surface area contributed by atoms with Gasteiger partial charge in [0.1, 0.15) is 18.8 Å². The molecule has 0 saturated heterocycles. The van der Waals surface area contributed by atoms with Gasteiger partial charge in [0.25, 0.3) is 0 Å². The molecule has 0 fully saturated rings. The summed E-state index contributed by atoms with van der Waals surface area (Å²) in [5.41, 5.74) is 2.38. The van der Waals surface area contributed by atoms with Crippen molar-refractivity contribution in [3.63, 3.8) is 0 Å². The monoisotopic (exact) mass is 613 g/mol. The van der Waals surface area contributed by atoms with Crippen molar-refractivity contribution in [1.82, 2.24) is 15.5 Å². The minimum absolute atomic E-state index is 0.0292. The highest BCUT2D eigenvalue weighted by atomic mass is 16.6. The summed E-state index contributed by atoms with van der Waals surface area (Å²) >= 11 is 0. The number of esters is 1. The molecule has 3 aromatic rings. The number of hydrogen-bond acceptors (Lipinski definition) is 7. The van der Waals surface area contributed by atoms with Gasteiger partial charge in [-0.1, -0.05) is 103 Å². The van der Waals surface area contributed by atoms with E-state index in [-0.39, 0.29) is 57.4 Å². The van der Waals surface area contributed by atoms with E-state index in [4.69, 9.17) is 9.47 Å². The molecule has 0 bridgehead atoms. The smallest absolute Gasteiger partial charge is 0.408 e. The Balaban J connectivity index is 1.49. The van der Waals surface area contributed by atoms with Crippen LogP contribution < -0.4 is 10.6 Å². The number of alkyl carbamates (subject to hydrolysis) is 1. The van der Waals surface area contributed by atoms with Crippen LogP contribution in [0, 0.1) is 5.92 Å². The van der Waals surface area contributed by atoms with Crippen molar-refractivity contribution in [3.05, 3.63) is 120 Å². The topological polar surface area (TPSA) is 134 Å². The highest BCUT2D eigenvalue weighted by Crippen LogP contribution is 2.21. The van der Waals surface area contributed by atoms with Gasteiger partial charge in [-0.2, -0.15) is 0 Å². The number of cyclic esters (lactones) is 1. The molecule has 1 aliphatic heterocycles. The van der Waals surface area contributed by atoms with E-state index >= 15 is 0 Å². The largest absolute Gasteiger partial charge is 0.454 e. The molecule has 10 heteroatoms. The van der Waals surface area contributed by atoms with Crippen LogP contribution in [-0.2, 0) is 37.0 Å². The second-order valence-corrected chi connectivity index (χ2v) is 10.7. The first kappa shape index (κ1) is 32.9. The molecule has 236 valence electrons. The zero-order chi connectivity index (χ0) is 31.9. The summed E-state index contributed by atoms with van der Waals surface area (Å²) in [6.07, 6.45) is 2.04. The summed E-state index contributed by atoms with van der Waals surface area (Å²) in [4.78, 5) is 54.2. The zero-order valence-corrected chi connectivity index (χ0v) is 25.0. The van der Waals surface area contributed by atoms with E-state index in [1.54, 1.807) is 36.4 Å². The second-order valence-electron chi connectivity index (χ2n) is 10.7.